The van der Waals surface area contributed by atoms with Gasteiger partial charge in [0.05, 0.1) is 16.4 Å². The van der Waals surface area contributed by atoms with Crippen molar-refractivity contribution in [2.45, 2.75) is 46.8 Å². The van der Waals surface area contributed by atoms with Crippen LogP contribution in [0.15, 0.2) is 18.2 Å². The van der Waals surface area contributed by atoms with E-state index in [4.69, 9.17) is 9.47 Å². The van der Waals surface area contributed by atoms with Crippen LogP contribution in [0.5, 0.6) is 5.75 Å². The summed E-state index contributed by atoms with van der Waals surface area (Å²) in [6.07, 6.45) is 0. The van der Waals surface area contributed by atoms with Crippen molar-refractivity contribution < 1.29 is 19.2 Å². The van der Waals surface area contributed by atoms with Gasteiger partial charge in [-0.1, -0.05) is 13.8 Å². The monoisotopic (exact) mass is 295 g/mol. The Balaban J connectivity index is 2.99. The highest BCUT2D eigenvalue weighted by Gasteiger charge is 2.19. The topological polar surface area (TPSA) is 78.7 Å². The van der Waals surface area contributed by atoms with Crippen LogP contribution in [-0.4, -0.2) is 16.5 Å². The van der Waals surface area contributed by atoms with Gasteiger partial charge in [-0.2, -0.15) is 0 Å². The Bertz CT molecular complexity index is 531. The third-order valence-electron chi connectivity index (χ3n) is 2.51. The fourth-order valence-electron chi connectivity index (χ4n) is 1.59. The molecule has 0 saturated heterocycles. The van der Waals surface area contributed by atoms with Crippen LogP contribution in [0.25, 0.3) is 0 Å². The molecule has 6 nitrogen and oxygen atoms in total. The first-order valence-electron chi connectivity index (χ1n) is 6.73. The van der Waals surface area contributed by atoms with E-state index >= 15 is 0 Å². The number of nitrogens with zero attached hydrogens (tertiary/aromatic N) is 1. The van der Waals surface area contributed by atoms with Crippen molar-refractivity contribution in [3.8, 4) is 5.75 Å². The van der Waals surface area contributed by atoms with Crippen molar-refractivity contribution >= 4 is 11.7 Å². The molecule has 0 aliphatic rings. The zero-order chi connectivity index (χ0) is 16.2. The van der Waals surface area contributed by atoms with Gasteiger partial charge in [-0.25, -0.2) is 0 Å². The third kappa shape index (κ3) is 5.41. The van der Waals surface area contributed by atoms with E-state index in [-0.39, 0.29) is 18.2 Å². The second kappa shape index (κ2) is 6.56. The third-order valence-corrected chi connectivity index (χ3v) is 2.51. The molecule has 0 atom stereocenters. The molecule has 0 fully saturated rings. The molecular formula is C15H21NO5. The largest absolute Gasteiger partial charge is 0.488 e. The average Bonchev–Trinajstić information content (AvgIpc) is 2.33. The van der Waals surface area contributed by atoms with Crippen LogP contribution in [0.2, 0.25) is 0 Å². The number of carbonyl (C=O) groups excluding carboxylic acids is 1. The summed E-state index contributed by atoms with van der Waals surface area (Å²) in [6, 6.07) is 4.44. The molecule has 0 aliphatic carbocycles. The summed E-state index contributed by atoms with van der Waals surface area (Å²) in [6.45, 7) is 8.91. The van der Waals surface area contributed by atoms with E-state index in [1.807, 2.05) is 20.8 Å². The second-order valence-corrected chi connectivity index (χ2v) is 6.02. The number of hydrogen-bond donors (Lipinski definition) is 0. The van der Waals surface area contributed by atoms with E-state index in [0.29, 0.717) is 11.3 Å². The lowest BCUT2D eigenvalue weighted by atomic mass is 10.1. The number of esters is 1. The highest BCUT2D eigenvalue weighted by Crippen LogP contribution is 2.27. The molecule has 0 saturated carbocycles. The van der Waals surface area contributed by atoms with E-state index in [2.05, 4.69) is 0 Å². The highest BCUT2D eigenvalue weighted by molar-refractivity contribution is 5.71. The van der Waals surface area contributed by atoms with Crippen LogP contribution >= 0.6 is 0 Å². The van der Waals surface area contributed by atoms with Crippen molar-refractivity contribution in [3.63, 3.8) is 0 Å². The molecular weight excluding hydrogens is 274 g/mol. The molecule has 0 radical (unpaired) electrons. The van der Waals surface area contributed by atoms with Gasteiger partial charge >= 0.3 is 5.97 Å². The molecule has 21 heavy (non-hydrogen) atoms. The summed E-state index contributed by atoms with van der Waals surface area (Å²) in [4.78, 5) is 22.0. The van der Waals surface area contributed by atoms with Crippen LogP contribution in [0.1, 0.15) is 40.2 Å². The van der Waals surface area contributed by atoms with Gasteiger partial charge in [-0.3, -0.25) is 14.9 Å². The fourth-order valence-corrected chi connectivity index (χ4v) is 1.59. The summed E-state index contributed by atoms with van der Waals surface area (Å²) >= 11 is 0. The van der Waals surface area contributed by atoms with Crippen molar-refractivity contribution in [2.75, 3.05) is 0 Å². The van der Waals surface area contributed by atoms with Crippen LogP contribution in [0, 0.1) is 16.0 Å². The van der Waals surface area contributed by atoms with Gasteiger partial charge < -0.3 is 9.47 Å². The molecule has 116 valence electrons. The van der Waals surface area contributed by atoms with E-state index in [1.165, 1.54) is 18.2 Å². The Hall–Kier alpha value is -2.11. The number of carbonyl (C=O) groups is 1. The lowest BCUT2D eigenvalue weighted by Crippen LogP contribution is -2.23. The Labute approximate surface area is 124 Å². The van der Waals surface area contributed by atoms with Crippen LogP contribution in [0.4, 0.5) is 5.69 Å². The van der Waals surface area contributed by atoms with Crippen LogP contribution < -0.4 is 4.74 Å². The maximum absolute atomic E-state index is 11.5. The molecule has 0 N–H and O–H groups in total. The molecule has 6 heteroatoms. The minimum absolute atomic E-state index is 0.0900. The van der Waals surface area contributed by atoms with Gasteiger partial charge in [0, 0.05) is 6.07 Å². The summed E-state index contributed by atoms with van der Waals surface area (Å²) in [5.41, 5.74) is -0.189. The van der Waals surface area contributed by atoms with Crippen molar-refractivity contribution in [1.29, 1.82) is 0 Å². The molecule has 0 aromatic heterocycles. The fraction of sp³-hybridized carbons (Fsp3) is 0.533. The maximum Gasteiger partial charge on any atom is 0.308 e. The van der Waals surface area contributed by atoms with E-state index in [0.717, 1.165) is 0 Å². The van der Waals surface area contributed by atoms with Gasteiger partial charge in [0.1, 0.15) is 18.0 Å². The molecule has 0 heterocycles. The molecule has 0 unspecified atom stereocenters. The summed E-state index contributed by atoms with van der Waals surface area (Å²) < 4.78 is 10.7. The van der Waals surface area contributed by atoms with Gasteiger partial charge in [-0.15, -0.1) is 0 Å². The smallest absolute Gasteiger partial charge is 0.308 e. The number of nitro groups is 1. The molecule has 0 aliphatic heterocycles. The quantitative estimate of drug-likeness (QED) is 0.472. The Morgan fingerprint density at radius 1 is 1.33 bits per heavy atom. The maximum atomic E-state index is 11.5. The first-order chi connectivity index (χ1) is 9.60. The van der Waals surface area contributed by atoms with E-state index in [1.54, 1.807) is 13.8 Å². The normalized spacial score (nSPS) is 11.3. The SMILES string of the molecule is CC(C)C(=O)OCc1cc(OC(C)(C)C)ccc1[N+](=O)[O-]. The molecule has 0 bridgehead atoms. The summed E-state index contributed by atoms with van der Waals surface area (Å²) in [5, 5.41) is 11.0. The first-order valence-corrected chi connectivity index (χ1v) is 6.73. The number of hydrogen-bond acceptors (Lipinski definition) is 5. The van der Waals surface area contributed by atoms with Crippen LogP contribution in [0.3, 0.4) is 0 Å². The van der Waals surface area contributed by atoms with E-state index < -0.39 is 16.5 Å². The predicted molar refractivity (Wildman–Crippen MR) is 78.1 cm³/mol. The van der Waals surface area contributed by atoms with Crippen molar-refractivity contribution in [1.82, 2.24) is 0 Å². The van der Waals surface area contributed by atoms with Crippen molar-refractivity contribution in [2.24, 2.45) is 5.92 Å². The number of rotatable bonds is 5. The van der Waals surface area contributed by atoms with Gasteiger partial charge in [0.2, 0.25) is 0 Å². The zero-order valence-corrected chi connectivity index (χ0v) is 13.0. The molecule has 0 amide bonds. The average molecular weight is 295 g/mol. The standard InChI is InChI=1S/C15H21NO5/c1-10(2)14(17)20-9-11-8-12(21-15(3,4)5)6-7-13(11)16(18)19/h6-8,10H,9H2,1-5H3. The predicted octanol–water partition coefficient (Wildman–Crippen LogP) is 3.47. The van der Waals surface area contributed by atoms with Crippen molar-refractivity contribution in [3.05, 3.63) is 33.9 Å². The number of benzene rings is 1. The first kappa shape index (κ1) is 16.9. The summed E-state index contributed by atoms with van der Waals surface area (Å²) in [7, 11) is 0. The van der Waals surface area contributed by atoms with Gasteiger partial charge in [0.15, 0.2) is 0 Å². The highest BCUT2D eigenvalue weighted by atomic mass is 16.6. The molecule has 1 aromatic rings. The Kier molecular flexibility index (Phi) is 5.29. The number of ether oxygens (including phenoxy) is 2. The molecule has 1 rings (SSSR count). The number of nitro benzene ring substituents is 1. The minimum Gasteiger partial charge on any atom is -0.488 e. The molecule has 0 spiro atoms. The Morgan fingerprint density at radius 2 is 1.95 bits per heavy atom. The van der Waals surface area contributed by atoms with Gasteiger partial charge in [-0.05, 0) is 32.9 Å². The lowest BCUT2D eigenvalue weighted by Gasteiger charge is -2.21. The van der Waals surface area contributed by atoms with Gasteiger partial charge in [0.25, 0.3) is 5.69 Å². The summed E-state index contributed by atoms with van der Waals surface area (Å²) in [5.74, 6) is -0.173. The minimum atomic E-state index is -0.501. The molecule has 1 aromatic carbocycles. The Morgan fingerprint density at radius 3 is 2.43 bits per heavy atom. The zero-order valence-electron chi connectivity index (χ0n) is 13.0. The lowest BCUT2D eigenvalue weighted by molar-refractivity contribution is -0.385. The second-order valence-electron chi connectivity index (χ2n) is 6.02. The van der Waals surface area contributed by atoms with E-state index in [9.17, 15) is 14.9 Å². The van der Waals surface area contributed by atoms with Crippen LogP contribution in [-0.2, 0) is 16.1 Å².